The molecule has 0 aliphatic carbocycles. The van der Waals surface area contributed by atoms with Crippen molar-refractivity contribution >= 4 is 5.78 Å². The molecule has 0 heterocycles. The van der Waals surface area contributed by atoms with E-state index in [2.05, 4.69) is 18.2 Å². The molecule has 2 heteroatoms. The van der Waals surface area contributed by atoms with Crippen LogP contribution in [0, 0.1) is 0 Å². The van der Waals surface area contributed by atoms with Crippen LogP contribution in [0.25, 0.3) is 11.1 Å². The Morgan fingerprint density at radius 3 is 2.12 bits per heavy atom. The molecule has 0 spiro atoms. The Balaban J connectivity index is 1.88. The molecular weight excluding hydrogens is 296 g/mol. The van der Waals surface area contributed by atoms with E-state index in [4.69, 9.17) is 4.74 Å². The van der Waals surface area contributed by atoms with Gasteiger partial charge in [0.25, 0.3) is 0 Å². The summed E-state index contributed by atoms with van der Waals surface area (Å²) in [6.07, 6.45) is 0.419. The molecule has 3 aromatic carbocycles. The van der Waals surface area contributed by atoms with Crippen molar-refractivity contribution in [3.05, 3.63) is 90.0 Å². The smallest absolute Gasteiger partial charge is 0.134 e. The van der Waals surface area contributed by atoms with Gasteiger partial charge in [0.2, 0.25) is 0 Å². The first kappa shape index (κ1) is 16.0. The molecule has 0 atom stereocenters. The van der Waals surface area contributed by atoms with E-state index >= 15 is 0 Å². The van der Waals surface area contributed by atoms with Gasteiger partial charge < -0.3 is 4.74 Å². The summed E-state index contributed by atoms with van der Waals surface area (Å²) in [5.41, 5.74) is 4.28. The van der Waals surface area contributed by atoms with Gasteiger partial charge in [-0.2, -0.15) is 0 Å². The summed E-state index contributed by atoms with van der Waals surface area (Å²) in [6.45, 7) is 2.12. The lowest BCUT2D eigenvalue weighted by Gasteiger charge is -2.11. The Labute approximate surface area is 142 Å². The van der Waals surface area contributed by atoms with Gasteiger partial charge in [0.15, 0.2) is 0 Å². The Morgan fingerprint density at radius 2 is 1.46 bits per heavy atom. The number of rotatable bonds is 6. The fraction of sp³-hybridized carbons (Fsp3) is 0.136. The van der Waals surface area contributed by atoms with E-state index in [0.29, 0.717) is 13.0 Å². The van der Waals surface area contributed by atoms with Crippen molar-refractivity contribution in [2.45, 2.75) is 20.0 Å². The molecule has 0 radical (unpaired) electrons. The van der Waals surface area contributed by atoms with Crippen molar-refractivity contribution in [1.29, 1.82) is 0 Å². The minimum Gasteiger partial charge on any atom is -0.489 e. The fourth-order valence-electron chi connectivity index (χ4n) is 2.67. The molecule has 0 saturated heterocycles. The van der Waals surface area contributed by atoms with Crippen LogP contribution in [0.1, 0.15) is 18.1 Å². The van der Waals surface area contributed by atoms with Gasteiger partial charge in [-0.3, -0.25) is 4.79 Å². The molecule has 0 aliphatic heterocycles. The van der Waals surface area contributed by atoms with Crippen LogP contribution in [-0.4, -0.2) is 5.78 Å². The predicted molar refractivity (Wildman–Crippen MR) is 97.0 cm³/mol. The average molecular weight is 316 g/mol. The third-order valence-electron chi connectivity index (χ3n) is 3.77. The summed E-state index contributed by atoms with van der Waals surface area (Å²) in [6, 6.07) is 26.3. The van der Waals surface area contributed by atoms with Gasteiger partial charge in [-0.1, -0.05) is 66.7 Å². The second kappa shape index (κ2) is 7.60. The first-order valence-electron chi connectivity index (χ1n) is 8.06. The molecule has 2 nitrogen and oxygen atoms in total. The van der Waals surface area contributed by atoms with Crippen molar-refractivity contribution in [1.82, 2.24) is 0 Å². The zero-order valence-electron chi connectivity index (χ0n) is 13.7. The summed E-state index contributed by atoms with van der Waals surface area (Å²) in [7, 11) is 0. The SMILES string of the molecule is CC(=O)Cc1cc(OCc2ccccc2)cc(-c2ccccc2)c1. The molecule has 0 N–H and O–H groups in total. The number of ether oxygens (including phenoxy) is 1. The van der Waals surface area contributed by atoms with Crippen LogP contribution in [0.15, 0.2) is 78.9 Å². The number of carbonyl (C=O) groups excluding carboxylic acids is 1. The van der Waals surface area contributed by atoms with Crippen molar-refractivity contribution in [2.75, 3.05) is 0 Å². The first-order chi connectivity index (χ1) is 11.7. The number of ketones is 1. The summed E-state index contributed by atoms with van der Waals surface area (Å²) in [4.78, 5) is 11.5. The Bertz CT molecular complexity index is 808. The maximum absolute atomic E-state index is 11.5. The third kappa shape index (κ3) is 4.32. The van der Waals surface area contributed by atoms with Gasteiger partial charge in [0.1, 0.15) is 18.1 Å². The van der Waals surface area contributed by atoms with Gasteiger partial charge in [0, 0.05) is 6.42 Å². The van der Waals surface area contributed by atoms with Gasteiger partial charge in [-0.15, -0.1) is 0 Å². The molecule has 24 heavy (non-hydrogen) atoms. The van der Waals surface area contributed by atoms with E-state index in [1.54, 1.807) is 6.92 Å². The number of hydrogen-bond donors (Lipinski definition) is 0. The Hall–Kier alpha value is -2.87. The molecule has 3 rings (SSSR count). The van der Waals surface area contributed by atoms with E-state index in [0.717, 1.165) is 28.0 Å². The molecule has 0 amide bonds. The lowest BCUT2D eigenvalue weighted by molar-refractivity contribution is -0.116. The number of benzene rings is 3. The first-order valence-corrected chi connectivity index (χ1v) is 8.06. The maximum atomic E-state index is 11.5. The third-order valence-corrected chi connectivity index (χ3v) is 3.77. The van der Waals surface area contributed by atoms with Crippen LogP contribution in [-0.2, 0) is 17.8 Å². The van der Waals surface area contributed by atoms with Gasteiger partial charge in [-0.25, -0.2) is 0 Å². The van der Waals surface area contributed by atoms with Crippen LogP contribution < -0.4 is 4.74 Å². The topological polar surface area (TPSA) is 26.3 Å². The van der Waals surface area contributed by atoms with Crippen LogP contribution >= 0.6 is 0 Å². The van der Waals surface area contributed by atoms with Gasteiger partial charge in [0.05, 0.1) is 0 Å². The number of Topliss-reactive ketones (excluding diaryl/α,β-unsaturated/α-hetero) is 1. The zero-order valence-corrected chi connectivity index (χ0v) is 13.7. The van der Waals surface area contributed by atoms with Crippen molar-refractivity contribution in [3.8, 4) is 16.9 Å². The highest BCUT2D eigenvalue weighted by molar-refractivity contribution is 5.79. The predicted octanol–water partition coefficient (Wildman–Crippen LogP) is 5.06. The number of carbonyl (C=O) groups is 1. The van der Waals surface area contributed by atoms with E-state index in [9.17, 15) is 4.79 Å². The second-order valence-corrected chi connectivity index (χ2v) is 5.88. The highest BCUT2D eigenvalue weighted by atomic mass is 16.5. The quantitative estimate of drug-likeness (QED) is 0.635. The van der Waals surface area contributed by atoms with Crippen molar-refractivity contribution in [3.63, 3.8) is 0 Å². The fourth-order valence-corrected chi connectivity index (χ4v) is 2.67. The van der Waals surface area contributed by atoms with Gasteiger partial charge >= 0.3 is 0 Å². The van der Waals surface area contributed by atoms with Crippen LogP contribution in [0.5, 0.6) is 5.75 Å². The Morgan fingerprint density at radius 1 is 0.792 bits per heavy atom. The largest absolute Gasteiger partial charge is 0.489 e. The lowest BCUT2D eigenvalue weighted by atomic mass is 10.0. The molecule has 0 unspecified atom stereocenters. The molecular formula is C22H20O2. The highest BCUT2D eigenvalue weighted by Crippen LogP contribution is 2.27. The molecule has 0 aromatic heterocycles. The zero-order chi connectivity index (χ0) is 16.8. The summed E-state index contributed by atoms with van der Waals surface area (Å²) in [5, 5.41) is 0. The molecule has 120 valence electrons. The van der Waals surface area contributed by atoms with E-state index in [1.807, 2.05) is 60.7 Å². The van der Waals surface area contributed by atoms with Crippen LogP contribution in [0.4, 0.5) is 0 Å². The molecule has 0 aliphatic rings. The van der Waals surface area contributed by atoms with E-state index in [1.165, 1.54) is 0 Å². The molecule has 0 fully saturated rings. The molecule has 0 bridgehead atoms. The minimum absolute atomic E-state index is 0.147. The van der Waals surface area contributed by atoms with Crippen molar-refractivity contribution in [2.24, 2.45) is 0 Å². The summed E-state index contributed by atoms with van der Waals surface area (Å²) in [5.74, 6) is 0.936. The molecule has 0 saturated carbocycles. The van der Waals surface area contributed by atoms with Crippen molar-refractivity contribution < 1.29 is 9.53 Å². The van der Waals surface area contributed by atoms with Crippen LogP contribution in [0.3, 0.4) is 0 Å². The Kier molecular flexibility index (Phi) is 5.07. The second-order valence-electron chi connectivity index (χ2n) is 5.88. The number of hydrogen-bond acceptors (Lipinski definition) is 2. The molecule has 3 aromatic rings. The van der Waals surface area contributed by atoms with E-state index in [-0.39, 0.29) is 5.78 Å². The lowest BCUT2D eigenvalue weighted by Crippen LogP contribution is -2.00. The highest BCUT2D eigenvalue weighted by Gasteiger charge is 2.06. The summed E-state index contributed by atoms with van der Waals surface area (Å²) < 4.78 is 5.97. The maximum Gasteiger partial charge on any atom is 0.134 e. The minimum atomic E-state index is 0.147. The average Bonchev–Trinajstić information content (AvgIpc) is 2.61. The monoisotopic (exact) mass is 316 g/mol. The summed E-state index contributed by atoms with van der Waals surface area (Å²) >= 11 is 0. The van der Waals surface area contributed by atoms with E-state index < -0.39 is 0 Å². The van der Waals surface area contributed by atoms with Gasteiger partial charge in [-0.05, 0) is 41.3 Å². The van der Waals surface area contributed by atoms with Crippen LogP contribution in [0.2, 0.25) is 0 Å². The standard InChI is InChI=1S/C22H20O2/c1-17(23)12-19-13-21(20-10-6-3-7-11-20)15-22(14-19)24-16-18-8-4-2-5-9-18/h2-11,13-15H,12,16H2,1H3. The normalized spacial score (nSPS) is 10.4.